The fraction of sp³-hybridized carbons (Fsp3) is 0.943. The van der Waals surface area contributed by atoms with Crippen LogP contribution in [-0.4, -0.2) is 96.7 Å². The van der Waals surface area contributed by atoms with Crippen LogP contribution in [-0.2, 0) is 65.4 Å². The van der Waals surface area contributed by atoms with Gasteiger partial charge in [-0.1, -0.05) is 311 Å². The van der Waals surface area contributed by atoms with E-state index in [0.717, 1.165) is 109 Å². The van der Waals surface area contributed by atoms with E-state index in [4.69, 9.17) is 37.0 Å². The minimum absolute atomic E-state index is 0.106. The lowest BCUT2D eigenvalue weighted by atomic mass is 9.99. The van der Waals surface area contributed by atoms with Crippen LogP contribution in [0.15, 0.2) is 0 Å². The Morgan fingerprint density at radius 1 is 0.315 bits per heavy atom. The van der Waals surface area contributed by atoms with Gasteiger partial charge < -0.3 is 33.8 Å². The summed E-state index contributed by atoms with van der Waals surface area (Å²) in [4.78, 5) is 72.3. The number of carbonyl (C=O) groups is 4. The molecule has 17 nitrogen and oxygen atoms in total. The topological polar surface area (TPSA) is 237 Å². The van der Waals surface area contributed by atoms with Gasteiger partial charge in [-0.05, 0) is 31.6 Å². The van der Waals surface area contributed by atoms with E-state index in [9.17, 15) is 43.2 Å². The third-order valence-corrected chi connectivity index (χ3v) is 18.5. The lowest BCUT2D eigenvalue weighted by Gasteiger charge is -2.21. The number of carbonyl (C=O) groups excluding carboxylic acids is 4. The number of phosphoric acid groups is 2. The van der Waals surface area contributed by atoms with Gasteiger partial charge in [0, 0.05) is 25.7 Å². The van der Waals surface area contributed by atoms with Crippen molar-refractivity contribution in [3.05, 3.63) is 0 Å². The van der Waals surface area contributed by atoms with Crippen LogP contribution in [0, 0.1) is 5.92 Å². The van der Waals surface area contributed by atoms with Gasteiger partial charge in [0.2, 0.25) is 0 Å². The van der Waals surface area contributed by atoms with E-state index < -0.39 is 97.5 Å². The van der Waals surface area contributed by atoms with Gasteiger partial charge in [-0.3, -0.25) is 37.3 Å². The zero-order valence-corrected chi connectivity index (χ0v) is 59.4. The van der Waals surface area contributed by atoms with E-state index in [0.29, 0.717) is 25.7 Å². The summed E-state index contributed by atoms with van der Waals surface area (Å²) < 4.78 is 68.1. The molecule has 0 bridgehead atoms. The minimum Gasteiger partial charge on any atom is -0.462 e. The van der Waals surface area contributed by atoms with Gasteiger partial charge in [-0.2, -0.15) is 0 Å². The molecule has 0 heterocycles. The molecule has 0 aliphatic rings. The Hall–Kier alpha value is -1.94. The molecular formula is C70H136O17P2. The summed E-state index contributed by atoms with van der Waals surface area (Å²) in [5.74, 6) is -1.26. The summed E-state index contributed by atoms with van der Waals surface area (Å²) in [6.45, 7) is 7.25. The van der Waals surface area contributed by atoms with Crippen LogP contribution in [0.4, 0.5) is 0 Å². The summed E-state index contributed by atoms with van der Waals surface area (Å²) in [5, 5.41) is 10.6. The van der Waals surface area contributed by atoms with E-state index in [1.54, 1.807) is 0 Å². The molecule has 0 rings (SSSR count). The third kappa shape index (κ3) is 63.2. The predicted octanol–water partition coefficient (Wildman–Crippen LogP) is 20.1. The second-order valence-corrected chi connectivity index (χ2v) is 28.4. The van der Waals surface area contributed by atoms with Gasteiger partial charge in [0.25, 0.3) is 0 Å². The fourth-order valence-corrected chi connectivity index (χ4v) is 12.2. The number of hydrogen-bond donors (Lipinski definition) is 3. The van der Waals surface area contributed by atoms with Crippen molar-refractivity contribution in [2.24, 2.45) is 5.92 Å². The van der Waals surface area contributed by atoms with Crippen LogP contribution in [0.3, 0.4) is 0 Å². The first-order valence-electron chi connectivity index (χ1n) is 36.7. The molecule has 19 heteroatoms. The normalized spacial score (nSPS) is 14.4. The molecule has 3 unspecified atom stereocenters. The highest BCUT2D eigenvalue weighted by Gasteiger charge is 2.30. The maximum absolute atomic E-state index is 13.0. The van der Waals surface area contributed by atoms with Crippen molar-refractivity contribution in [1.82, 2.24) is 0 Å². The van der Waals surface area contributed by atoms with E-state index >= 15 is 0 Å². The molecule has 0 saturated heterocycles. The van der Waals surface area contributed by atoms with E-state index in [1.807, 2.05) is 0 Å². The Balaban J connectivity index is 5.10. The summed E-state index contributed by atoms with van der Waals surface area (Å²) in [6, 6.07) is 0. The molecule has 0 fully saturated rings. The third-order valence-electron chi connectivity index (χ3n) is 16.6. The number of rotatable bonds is 70. The van der Waals surface area contributed by atoms with Crippen LogP contribution in [0.25, 0.3) is 0 Å². The highest BCUT2D eigenvalue weighted by molar-refractivity contribution is 7.47. The fourth-order valence-electron chi connectivity index (χ4n) is 10.6. The zero-order valence-electron chi connectivity index (χ0n) is 57.6. The van der Waals surface area contributed by atoms with Crippen LogP contribution >= 0.6 is 15.6 Å². The zero-order chi connectivity index (χ0) is 65.6. The van der Waals surface area contributed by atoms with Gasteiger partial charge in [-0.15, -0.1) is 0 Å². The molecule has 3 N–H and O–H groups in total. The molecule has 0 aromatic rings. The van der Waals surface area contributed by atoms with Gasteiger partial charge in [-0.25, -0.2) is 9.13 Å². The first kappa shape index (κ1) is 87.1. The molecule has 528 valence electrons. The molecule has 0 aromatic heterocycles. The standard InChI is InChI=1S/C70H136O17P2/c1-6-10-13-16-19-21-30-35-39-44-49-54-68(73)81-60-66(87-70(75)56-51-46-41-36-32-29-27-25-23-22-24-26-28-31-34-38-42-47-52-63(5)9-4)62-85-89(78,79)83-58-64(71)57-82-88(76,77)84-61-65(59-80-67(72)53-48-43-37-18-15-12-8-3)86-69(74)55-50-45-40-33-20-17-14-11-7-2/h63-66,71H,6-62H2,1-5H3,(H,76,77)(H,78,79)/t63?,64-,65+,66+/m0/s1. The summed E-state index contributed by atoms with van der Waals surface area (Å²) in [6.07, 6.45) is 50.1. The number of aliphatic hydroxyl groups excluding tert-OH is 1. The molecule has 0 aliphatic carbocycles. The Kier molecular flexibility index (Phi) is 62.1. The lowest BCUT2D eigenvalue weighted by Crippen LogP contribution is -2.30. The van der Waals surface area contributed by atoms with Gasteiger partial charge in [0.1, 0.15) is 19.3 Å². The quantitative estimate of drug-likeness (QED) is 0.0222. The van der Waals surface area contributed by atoms with Crippen molar-refractivity contribution in [3.8, 4) is 0 Å². The Morgan fingerprint density at radius 2 is 0.539 bits per heavy atom. The summed E-state index contributed by atoms with van der Waals surface area (Å²) >= 11 is 0. The molecule has 89 heavy (non-hydrogen) atoms. The van der Waals surface area contributed by atoms with Crippen LogP contribution in [0.1, 0.15) is 362 Å². The van der Waals surface area contributed by atoms with E-state index in [1.165, 1.54) is 173 Å². The Bertz CT molecular complexity index is 1720. The molecule has 0 radical (unpaired) electrons. The smallest absolute Gasteiger partial charge is 0.462 e. The van der Waals surface area contributed by atoms with Gasteiger partial charge in [0.15, 0.2) is 12.2 Å². The van der Waals surface area contributed by atoms with Crippen molar-refractivity contribution in [2.45, 2.75) is 380 Å². The Labute approximate surface area is 543 Å². The highest BCUT2D eigenvalue weighted by atomic mass is 31.2. The monoisotopic (exact) mass is 1310 g/mol. The van der Waals surface area contributed by atoms with E-state index in [-0.39, 0.29) is 25.7 Å². The van der Waals surface area contributed by atoms with Crippen LogP contribution < -0.4 is 0 Å². The van der Waals surface area contributed by atoms with Gasteiger partial charge in [0.05, 0.1) is 26.4 Å². The number of esters is 4. The maximum Gasteiger partial charge on any atom is 0.472 e. The Morgan fingerprint density at radius 3 is 0.798 bits per heavy atom. The van der Waals surface area contributed by atoms with Crippen LogP contribution in [0.5, 0.6) is 0 Å². The average Bonchev–Trinajstić information content (AvgIpc) is 3.73. The van der Waals surface area contributed by atoms with Crippen LogP contribution in [0.2, 0.25) is 0 Å². The van der Waals surface area contributed by atoms with E-state index in [2.05, 4.69) is 34.6 Å². The predicted molar refractivity (Wildman–Crippen MR) is 358 cm³/mol. The number of phosphoric ester groups is 2. The first-order chi connectivity index (χ1) is 43.1. The average molecular weight is 1310 g/mol. The largest absolute Gasteiger partial charge is 0.472 e. The molecule has 6 atom stereocenters. The number of aliphatic hydroxyl groups is 1. The second-order valence-electron chi connectivity index (χ2n) is 25.5. The molecule has 0 spiro atoms. The summed E-state index contributed by atoms with van der Waals surface area (Å²) in [7, 11) is -9.89. The van der Waals surface area contributed by atoms with Crippen molar-refractivity contribution < 1.29 is 80.2 Å². The van der Waals surface area contributed by atoms with Crippen molar-refractivity contribution in [3.63, 3.8) is 0 Å². The molecule has 0 aromatic carbocycles. The highest BCUT2D eigenvalue weighted by Crippen LogP contribution is 2.45. The number of unbranched alkanes of at least 4 members (excludes halogenated alkanes) is 41. The SMILES string of the molecule is CCCCCCCCCCCCCC(=O)OC[C@H](COP(=O)(O)OC[C@@H](O)COP(=O)(O)OC[C@@H](COC(=O)CCCCCCCCC)OC(=O)CCCCCCCCCCC)OC(=O)CCCCCCCCCCCCCCCCCCCCC(C)CC. The maximum atomic E-state index is 13.0. The molecule has 0 aliphatic heterocycles. The second kappa shape index (κ2) is 63.5. The first-order valence-corrected chi connectivity index (χ1v) is 39.7. The van der Waals surface area contributed by atoms with Crippen molar-refractivity contribution in [2.75, 3.05) is 39.6 Å². The molecule has 0 amide bonds. The summed E-state index contributed by atoms with van der Waals surface area (Å²) in [5.41, 5.74) is 0. The lowest BCUT2D eigenvalue weighted by molar-refractivity contribution is -0.161. The molecule has 0 saturated carbocycles. The number of ether oxygens (including phenoxy) is 4. The minimum atomic E-state index is -4.95. The number of hydrogen-bond acceptors (Lipinski definition) is 15. The van der Waals surface area contributed by atoms with Gasteiger partial charge >= 0.3 is 39.5 Å². The molecular weight excluding hydrogens is 1170 g/mol. The van der Waals surface area contributed by atoms with Crippen molar-refractivity contribution in [1.29, 1.82) is 0 Å². The van der Waals surface area contributed by atoms with Crippen molar-refractivity contribution >= 4 is 39.5 Å².